The molecule has 2 aliphatic rings. The van der Waals surface area contributed by atoms with E-state index >= 15 is 0 Å². The maximum absolute atomic E-state index is 13.2. The Hall–Kier alpha value is -1.87. The number of guanidine groups is 1. The first kappa shape index (κ1) is 24.4. The van der Waals surface area contributed by atoms with Crippen LogP contribution in [-0.2, 0) is 14.4 Å². The van der Waals surface area contributed by atoms with Crippen LogP contribution in [-0.4, -0.2) is 70.5 Å². The third kappa shape index (κ3) is 5.63. The molecule has 1 unspecified atom stereocenters. The second-order valence-electron chi connectivity index (χ2n) is 8.82. The van der Waals surface area contributed by atoms with Gasteiger partial charge in [-0.2, -0.15) is 0 Å². The fraction of sp³-hybridized carbons (Fsp3) is 0.750. The van der Waals surface area contributed by atoms with Crippen molar-refractivity contribution in [1.29, 1.82) is 0 Å². The number of hydrogen-bond acceptors (Lipinski definition) is 7. The molecule has 0 saturated carbocycles. The van der Waals surface area contributed by atoms with Crippen molar-refractivity contribution in [3.05, 3.63) is 5.57 Å². The van der Waals surface area contributed by atoms with Crippen LogP contribution in [0.3, 0.4) is 0 Å². The quantitative estimate of drug-likeness (QED) is 0.129. The van der Waals surface area contributed by atoms with E-state index in [9.17, 15) is 14.4 Å². The molecule has 0 bridgehead atoms. The van der Waals surface area contributed by atoms with Gasteiger partial charge in [-0.1, -0.05) is 13.8 Å². The summed E-state index contributed by atoms with van der Waals surface area (Å²) in [4.78, 5) is 41.5. The highest BCUT2D eigenvalue weighted by atomic mass is 32.2. The number of nitrogens with one attached hydrogen (secondary N) is 2. The molecule has 10 heteroatoms. The molecule has 30 heavy (non-hydrogen) atoms. The van der Waals surface area contributed by atoms with Crippen molar-refractivity contribution in [2.45, 2.75) is 68.8 Å². The first-order valence-electron chi connectivity index (χ1n) is 10.3. The highest BCUT2D eigenvalue weighted by molar-refractivity contribution is 8.02. The molecular formula is C20H34N6O3S. The molecule has 2 saturated heterocycles. The monoisotopic (exact) mass is 438 g/mol. The average molecular weight is 439 g/mol. The SMILES string of the molecule is CC(C)C1(N2CC(=C=O)C[C@@H]2C(=O)N[C@H](C=O)CCCN=C(N)N)NCC(C)(C)S1. The van der Waals surface area contributed by atoms with Gasteiger partial charge in [0.1, 0.15) is 17.2 Å². The summed E-state index contributed by atoms with van der Waals surface area (Å²) in [7, 11) is 0. The lowest BCUT2D eigenvalue weighted by Gasteiger charge is -2.44. The first-order valence-corrected chi connectivity index (χ1v) is 11.1. The standard InChI is InChI=1S/C20H34N6O3S/c1-13(2)20(24-12-19(3,4)30-20)26-9-14(10-27)8-16(26)17(29)25-15(11-28)6-5-7-23-18(21)22/h11,13,15-16,24H,5-9,12H2,1-4H3,(H,25,29)(H4,21,22,23)/t15-,16+,20?/m0/s1. The lowest BCUT2D eigenvalue weighted by atomic mass is 10.1. The molecule has 0 aromatic heterocycles. The number of amides is 1. The molecule has 3 atom stereocenters. The minimum atomic E-state index is -0.631. The summed E-state index contributed by atoms with van der Waals surface area (Å²) in [6, 6.07) is -1.17. The highest BCUT2D eigenvalue weighted by Crippen LogP contribution is 2.49. The van der Waals surface area contributed by atoms with Crippen molar-refractivity contribution < 1.29 is 14.4 Å². The zero-order chi connectivity index (χ0) is 22.5. The van der Waals surface area contributed by atoms with Crippen molar-refractivity contribution >= 4 is 35.9 Å². The van der Waals surface area contributed by atoms with Crippen LogP contribution in [0.2, 0.25) is 0 Å². The molecule has 0 aromatic rings. The number of likely N-dealkylation sites (tertiary alicyclic amines) is 1. The molecule has 0 aliphatic carbocycles. The fourth-order valence-corrected chi connectivity index (χ4v) is 5.68. The minimum Gasteiger partial charge on any atom is -0.370 e. The maximum Gasteiger partial charge on any atom is 0.238 e. The van der Waals surface area contributed by atoms with Gasteiger partial charge in [0, 0.05) is 36.4 Å². The molecule has 2 rings (SSSR count). The summed E-state index contributed by atoms with van der Waals surface area (Å²) in [6.45, 7) is 10.1. The van der Waals surface area contributed by atoms with Crippen molar-refractivity contribution in [3.8, 4) is 0 Å². The number of nitrogens with zero attached hydrogens (tertiary/aromatic N) is 2. The van der Waals surface area contributed by atoms with E-state index < -0.39 is 17.1 Å². The number of carbonyl (C=O) groups excluding carboxylic acids is 3. The third-order valence-corrected chi connectivity index (χ3v) is 7.35. The van der Waals surface area contributed by atoms with Crippen molar-refractivity contribution in [1.82, 2.24) is 15.5 Å². The molecule has 2 aliphatic heterocycles. The Morgan fingerprint density at radius 3 is 2.67 bits per heavy atom. The van der Waals surface area contributed by atoms with Gasteiger partial charge >= 0.3 is 0 Å². The van der Waals surface area contributed by atoms with E-state index in [4.69, 9.17) is 11.5 Å². The molecule has 2 heterocycles. The molecule has 6 N–H and O–H groups in total. The van der Waals surface area contributed by atoms with E-state index in [2.05, 4.69) is 48.2 Å². The van der Waals surface area contributed by atoms with Crippen LogP contribution in [0.5, 0.6) is 0 Å². The van der Waals surface area contributed by atoms with Crippen LogP contribution >= 0.6 is 11.8 Å². The molecule has 168 valence electrons. The van der Waals surface area contributed by atoms with E-state index in [1.165, 1.54) is 0 Å². The maximum atomic E-state index is 13.2. The van der Waals surface area contributed by atoms with Gasteiger partial charge in [0.2, 0.25) is 5.91 Å². The summed E-state index contributed by atoms with van der Waals surface area (Å²) in [5.74, 6) is 1.93. The largest absolute Gasteiger partial charge is 0.370 e. The summed E-state index contributed by atoms with van der Waals surface area (Å²) in [6.07, 6.45) is 2.04. The van der Waals surface area contributed by atoms with E-state index in [1.807, 2.05) is 5.94 Å². The predicted molar refractivity (Wildman–Crippen MR) is 119 cm³/mol. The number of carbonyl (C=O) groups is 2. The number of aldehydes is 1. The van der Waals surface area contributed by atoms with Gasteiger partial charge in [0.05, 0.1) is 12.1 Å². The predicted octanol–water partition coefficient (Wildman–Crippen LogP) is -0.0192. The normalized spacial score (nSPS) is 27.0. The van der Waals surface area contributed by atoms with E-state index in [0.29, 0.717) is 37.9 Å². The third-order valence-electron chi connectivity index (χ3n) is 5.49. The Labute approximate surface area is 182 Å². The van der Waals surface area contributed by atoms with Gasteiger partial charge in [-0.25, -0.2) is 4.79 Å². The Kier molecular flexibility index (Phi) is 8.10. The Balaban J connectivity index is 2.16. The Bertz CT molecular complexity index is 730. The number of aliphatic imine (C=N–C) groups is 1. The van der Waals surface area contributed by atoms with Crippen LogP contribution in [0.1, 0.15) is 47.0 Å². The van der Waals surface area contributed by atoms with Gasteiger partial charge in [0.15, 0.2) is 5.96 Å². The van der Waals surface area contributed by atoms with Crippen molar-refractivity contribution in [2.24, 2.45) is 22.4 Å². The van der Waals surface area contributed by atoms with Gasteiger partial charge in [-0.05, 0) is 32.6 Å². The smallest absolute Gasteiger partial charge is 0.238 e. The van der Waals surface area contributed by atoms with Crippen LogP contribution < -0.4 is 22.1 Å². The minimum absolute atomic E-state index is 0.0000585. The van der Waals surface area contributed by atoms with Crippen LogP contribution in [0.15, 0.2) is 10.6 Å². The highest BCUT2D eigenvalue weighted by Gasteiger charge is 2.55. The zero-order valence-corrected chi connectivity index (χ0v) is 19.1. The molecule has 0 radical (unpaired) electrons. The number of hydrogen-bond donors (Lipinski definition) is 4. The van der Waals surface area contributed by atoms with E-state index in [1.54, 1.807) is 11.8 Å². The summed E-state index contributed by atoms with van der Waals surface area (Å²) >= 11 is 1.78. The molecule has 0 spiro atoms. The van der Waals surface area contributed by atoms with Crippen molar-refractivity contribution in [2.75, 3.05) is 19.6 Å². The average Bonchev–Trinajstić information content (AvgIpc) is 3.25. The molecule has 0 aromatic carbocycles. The van der Waals surface area contributed by atoms with Crippen LogP contribution in [0.4, 0.5) is 0 Å². The summed E-state index contributed by atoms with van der Waals surface area (Å²) in [5.41, 5.74) is 11.2. The zero-order valence-electron chi connectivity index (χ0n) is 18.2. The van der Waals surface area contributed by atoms with E-state index in [-0.39, 0.29) is 22.5 Å². The lowest BCUT2D eigenvalue weighted by Crippen LogP contribution is -2.62. The second kappa shape index (κ2) is 9.96. The Morgan fingerprint density at radius 1 is 1.47 bits per heavy atom. The number of nitrogens with two attached hydrogens (primary N) is 2. The number of rotatable bonds is 9. The van der Waals surface area contributed by atoms with Gasteiger partial charge in [-0.3, -0.25) is 20.0 Å². The Morgan fingerprint density at radius 2 is 2.17 bits per heavy atom. The molecule has 9 nitrogen and oxygen atoms in total. The second-order valence-corrected chi connectivity index (χ2v) is 10.8. The number of thioether (sulfide) groups is 1. The summed E-state index contributed by atoms with van der Waals surface area (Å²) < 4.78 is -0.00434. The van der Waals surface area contributed by atoms with Gasteiger partial charge < -0.3 is 21.6 Å². The topological polar surface area (TPSA) is 143 Å². The van der Waals surface area contributed by atoms with Crippen LogP contribution in [0.25, 0.3) is 0 Å². The molecule has 1 amide bonds. The van der Waals surface area contributed by atoms with Crippen LogP contribution in [0, 0.1) is 5.92 Å². The van der Waals surface area contributed by atoms with Crippen molar-refractivity contribution in [3.63, 3.8) is 0 Å². The molecule has 2 fully saturated rings. The lowest BCUT2D eigenvalue weighted by molar-refractivity contribution is -0.129. The van der Waals surface area contributed by atoms with Gasteiger partial charge in [0.25, 0.3) is 0 Å². The first-order chi connectivity index (χ1) is 14.0. The fourth-order valence-electron chi connectivity index (χ4n) is 4.00. The van der Waals surface area contributed by atoms with E-state index in [0.717, 1.165) is 12.8 Å². The van der Waals surface area contributed by atoms with Gasteiger partial charge in [-0.15, -0.1) is 11.8 Å². The summed E-state index contributed by atoms with van der Waals surface area (Å²) in [5, 5.41) is 6.44. The molecular weight excluding hydrogens is 404 g/mol.